The van der Waals surface area contributed by atoms with E-state index in [0.29, 0.717) is 5.56 Å². The highest BCUT2D eigenvalue weighted by molar-refractivity contribution is 6.07. The maximum atomic E-state index is 11.6. The minimum absolute atomic E-state index is 0.232. The highest BCUT2D eigenvalue weighted by atomic mass is 16.1. The first-order chi connectivity index (χ1) is 10.1. The van der Waals surface area contributed by atoms with Crippen LogP contribution in [0.2, 0.25) is 0 Å². The number of amides is 1. The van der Waals surface area contributed by atoms with Crippen LogP contribution in [-0.2, 0) is 0 Å². The summed E-state index contributed by atoms with van der Waals surface area (Å²) in [6.45, 7) is 4.20. The molecular formula is C16H16N4O. The van der Waals surface area contributed by atoms with Gasteiger partial charge in [0.05, 0.1) is 11.4 Å². The molecule has 5 nitrogen and oxygen atoms in total. The van der Waals surface area contributed by atoms with Gasteiger partial charge >= 0.3 is 0 Å². The molecule has 0 saturated carbocycles. The molecule has 3 rings (SSSR count). The van der Waals surface area contributed by atoms with E-state index in [9.17, 15) is 4.79 Å². The molecule has 0 aliphatic rings. The highest BCUT2D eigenvalue weighted by Crippen LogP contribution is 2.31. The van der Waals surface area contributed by atoms with E-state index in [2.05, 4.69) is 28.4 Å². The van der Waals surface area contributed by atoms with Crippen molar-refractivity contribution in [3.05, 3.63) is 48.4 Å². The Hall–Kier alpha value is -2.69. The molecule has 3 aromatic rings. The second-order valence-electron chi connectivity index (χ2n) is 5.19. The fourth-order valence-corrected chi connectivity index (χ4v) is 2.66. The predicted octanol–water partition coefficient (Wildman–Crippen LogP) is 2.78. The van der Waals surface area contributed by atoms with Gasteiger partial charge in [0.15, 0.2) is 0 Å². The maximum absolute atomic E-state index is 11.6. The van der Waals surface area contributed by atoms with Gasteiger partial charge in [-0.1, -0.05) is 6.07 Å². The van der Waals surface area contributed by atoms with Gasteiger partial charge in [0, 0.05) is 28.7 Å². The summed E-state index contributed by atoms with van der Waals surface area (Å²) < 4.78 is 2.16. The van der Waals surface area contributed by atoms with Crippen LogP contribution in [0.1, 0.15) is 30.2 Å². The smallest absolute Gasteiger partial charge is 0.249 e. The Morgan fingerprint density at radius 1 is 1.29 bits per heavy atom. The molecule has 0 atom stereocenters. The van der Waals surface area contributed by atoms with Crippen LogP contribution in [0.5, 0.6) is 0 Å². The maximum Gasteiger partial charge on any atom is 0.249 e. The summed E-state index contributed by atoms with van der Waals surface area (Å²) in [5, 5.41) is 0.854. The number of benzene rings is 1. The molecule has 2 N–H and O–H groups in total. The van der Waals surface area contributed by atoms with Gasteiger partial charge in [-0.25, -0.2) is 9.97 Å². The summed E-state index contributed by atoms with van der Waals surface area (Å²) in [5.41, 5.74) is 8.77. The third-order valence-electron chi connectivity index (χ3n) is 3.51. The first kappa shape index (κ1) is 13.3. The second kappa shape index (κ2) is 5.01. The van der Waals surface area contributed by atoms with Crippen LogP contribution >= 0.6 is 0 Å². The molecule has 2 heterocycles. The fraction of sp³-hybridized carbons (Fsp3) is 0.188. The average molecular weight is 280 g/mol. The quantitative estimate of drug-likeness (QED) is 0.801. The third-order valence-corrected chi connectivity index (χ3v) is 3.51. The number of hydrogen-bond donors (Lipinski definition) is 1. The average Bonchev–Trinajstić information content (AvgIpc) is 2.87. The number of primary amides is 1. The minimum atomic E-state index is -0.421. The number of carbonyl (C=O) groups is 1. The molecule has 0 fully saturated rings. The lowest BCUT2D eigenvalue weighted by Crippen LogP contribution is -2.11. The van der Waals surface area contributed by atoms with Gasteiger partial charge in [-0.05, 0) is 38.1 Å². The van der Waals surface area contributed by atoms with Crippen molar-refractivity contribution in [1.82, 2.24) is 14.5 Å². The van der Waals surface area contributed by atoms with Gasteiger partial charge in [-0.3, -0.25) is 4.79 Å². The molecule has 106 valence electrons. The van der Waals surface area contributed by atoms with Gasteiger partial charge in [0.25, 0.3) is 0 Å². The summed E-state index contributed by atoms with van der Waals surface area (Å²) in [6, 6.07) is 9.65. The Kier molecular flexibility index (Phi) is 3.17. The first-order valence-corrected chi connectivity index (χ1v) is 6.79. The number of carbonyl (C=O) groups excluding carboxylic acids is 1. The Bertz CT molecular complexity index is 806. The lowest BCUT2D eigenvalue weighted by molar-refractivity contribution is 0.100. The van der Waals surface area contributed by atoms with Crippen molar-refractivity contribution < 1.29 is 4.79 Å². The number of hydrogen-bond acceptors (Lipinski definition) is 3. The zero-order valence-corrected chi connectivity index (χ0v) is 11.9. The van der Waals surface area contributed by atoms with E-state index in [1.54, 1.807) is 12.3 Å². The zero-order chi connectivity index (χ0) is 15.0. The monoisotopic (exact) mass is 280 g/mol. The van der Waals surface area contributed by atoms with Crippen molar-refractivity contribution in [1.29, 1.82) is 0 Å². The van der Waals surface area contributed by atoms with Gasteiger partial charge < -0.3 is 10.3 Å². The second-order valence-corrected chi connectivity index (χ2v) is 5.19. The highest BCUT2D eigenvalue weighted by Gasteiger charge is 2.17. The lowest BCUT2D eigenvalue weighted by Gasteiger charge is -2.14. The molecular weight excluding hydrogens is 264 g/mol. The summed E-state index contributed by atoms with van der Waals surface area (Å²) in [7, 11) is 0. The fourth-order valence-electron chi connectivity index (χ4n) is 2.66. The standard InChI is InChI=1S/C16H16N4O/c1-10(2)20-14-5-3-4-11(16(17)21)12(14)8-15(20)13-6-7-18-9-19-13/h3-10H,1-2H3,(H2,17,21). The number of nitrogens with zero attached hydrogens (tertiary/aromatic N) is 3. The number of aromatic nitrogens is 3. The Labute approximate surface area is 122 Å². The molecule has 5 heteroatoms. The summed E-state index contributed by atoms with van der Waals surface area (Å²) in [6.07, 6.45) is 3.23. The van der Waals surface area contributed by atoms with Gasteiger partial charge in [-0.15, -0.1) is 0 Å². The SMILES string of the molecule is CC(C)n1c(-c2ccncn2)cc2c(C(N)=O)cccc21. The Balaban J connectivity index is 2.37. The topological polar surface area (TPSA) is 73.8 Å². The van der Waals surface area contributed by atoms with E-state index in [0.717, 1.165) is 22.3 Å². The molecule has 0 aliphatic carbocycles. The van der Waals surface area contributed by atoms with Gasteiger partial charge in [-0.2, -0.15) is 0 Å². The first-order valence-electron chi connectivity index (χ1n) is 6.79. The van der Waals surface area contributed by atoms with Crippen molar-refractivity contribution in [3.63, 3.8) is 0 Å². The van der Waals surface area contributed by atoms with Crippen LogP contribution in [0.25, 0.3) is 22.3 Å². The molecule has 0 saturated heterocycles. The summed E-state index contributed by atoms with van der Waals surface area (Å²) in [5.74, 6) is -0.421. The summed E-state index contributed by atoms with van der Waals surface area (Å²) in [4.78, 5) is 19.9. The number of nitrogens with two attached hydrogens (primary N) is 1. The molecule has 0 radical (unpaired) electrons. The van der Waals surface area contributed by atoms with Crippen LogP contribution in [0.3, 0.4) is 0 Å². The Morgan fingerprint density at radius 3 is 2.71 bits per heavy atom. The molecule has 1 aromatic carbocycles. The van der Waals surface area contributed by atoms with E-state index in [4.69, 9.17) is 5.73 Å². The number of rotatable bonds is 3. The molecule has 0 bridgehead atoms. The normalized spacial score (nSPS) is 11.2. The van der Waals surface area contributed by atoms with Crippen molar-refractivity contribution in [2.24, 2.45) is 5.73 Å². The molecule has 21 heavy (non-hydrogen) atoms. The largest absolute Gasteiger partial charge is 0.366 e. The molecule has 0 unspecified atom stereocenters. The van der Waals surface area contributed by atoms with E-state index in [-0.39, 0.29) is 6.04 Å². The zero-order valence-electron chi connectivity index (χ0n) is 11.9. The van der Waals surface area contributed by atoms with Crippen molar-refractivity contribution in [2.45, 2.75) is 19.9 Å². The van der Waals surface area contributed by atoms with E-state index < -0.39 is 5.91 Å². The van der Waals surface area contributed by atoms with Crippen molar-refractivity contribution in [2.75, 3.05) is 0 Å². The van der Waals surface area contributed by atoms with Crippen LogP contribution in [0.15, 0.2) is 42.9 Å². The van der Waals surface area contributed by atoms with Crippen molar-refractivity contribution in [3.8, 4) is 11.4 Å². The lowest BCUT2D eigenvalue weighted by atomic mass is 10.1. The summed E-state index contributed by atoms with van der Waals surface area (Å²) >= 11 is 0. The third kappa shape index (κ3) is 2.16. The van der Waals surface area contributed by atoms with E-state index in [1.165, 1.54) is 6.33 Å². The van der Waals surface area contributed by atoms with Crippen LogP contribution in [-0.4, -0.2) is 20.4 Å². The van der Waals surface area contributed by atoms with Gasteiger partial charge in [0.1, 0.15) is 6.33 Å². The number of fused-ring (bicyclic) bond motifs is 1. The molecule has 2 aromatic heterocycles. The van der Waals surface area contributed by atoms with Crippen LogP contribution in [0, 0.1) is 0 Å². The van der Waals surface area contributed by atoms with E-state index >= 15 is 0 Å². The Morgan fingerprint density at radius 2 is 2.10 bits per heavy atom. The predicted molar refractivity (Wildman–Crippen MR) is 81.9 cm³/mol. The van der Waals surface area contributed by atoms with Gasteiger partial charge in [0.2, 0.25) is 5.91 Å². The van der Waals surface area contributed by atoms with Crippen LogP contribution in [0.4, 0.5) is 0 Å². The molecule has 0 spiro atoms. The van der Waals surface area contributed by atoms with Crippen LogP contribution < -0.4 is 5.73 Å². The molecule has 0 aliphatic heterocycles. The van der Waals surface area contributed by atoms with Crippen molar-refractivity contribution >= 4 is 16.8 Å². The molecule has 1 amide bonds. The van der Waals surface area contributed by atoms with E-state index in [1.807, 2.05) is 24.3 Å². The minimum Gasteiger partial charge on any atom is -0.366 e.